The van der Waals surface area contributed by atoms with E-state index in [2.05, 4.69) is 0 Å². The van der Waals surface area contributed by atoms with Gasteiger partial charge in [0.05, 0.1) is 26.9 Å². The molecular formula is C18H18O7. The fourth-order valence-corrected chi connectivity index (χ4v) is 3.11. The molecule has 25 heavy (non-hydrogen) atoms. The van der Waals surface area contributed by atoms with Gasteiger partial charge in [0.2, 0.25) is 0 Å². The lowest BCUT2D eigenvalue weighted by Gasteiger charge is -2.19. The summed E-state index contributed by atoms with van der Waals surface area (Å²) in [5.41, 5.74) is 1.72. The van der Waals surface area contributed by atoms with Crippen molar-refractivity contribution in [2.75, 3.05) is 27.9 Å². The molecule has 1 aromatic rings. The Labute approximate surface area is 144 Å². The molecule has 0 saturated heterocycles. The summed E-state index contributed by atoms with van der Waals surface area (Å²) in [7, 11) is 4.19. The molecule has 1 aliphatic heterocycles. The molecule has 0 fully saturated rings. The largest absolute Gasteiger partial charge is 0.506 e. The average Bonchev–Trinajstić information content (AvgIpc) is 2.98. The molecule has 1 aromatic carbocycles. The minimum absolute atomic E-state index is 0.0878. The van der Waals surface area contributed by atoms with E-state index in [1.54, 1.807) is 12.1 Å². The summed E-state index contributed by atoms with van der Waals surface area (Å²) in [4.78, 5) is 24.4. The lowest BCUT2D eigenvalue weighted by molar-refractivity contribution is -0.139. The fraction of sp³-hybridized carbons (Fsp3) is 0.333. The average molecular weight is 346 g/mol. The lowest BCUT2D eigenvalue weighted by atomic mass is 9.88. The summed E-state index contributed by atoms with van der Waals surface area (Å²) in [6, 6.07) is 3.33. The second kappa shape index (κ2) is 6.51. The Kier molecular flexibility index (Phi) is 4.39. The molecule has 0 atom stereocenters. The first kappa shape index (κ1) is 16.9. The van der Waals surface area contributed by atoms with Crippen LogP contribution in [0.3, 0.4) is 0 Å². The normalized spacial score (nSPS) is 19.4. The highest BCUT2D eigenvalue weighted by molar-refractivity contribution is 6.13. The second-order valence-corrected chi connectivity index (χ2v) is 5.63. The molecule has 0 aromatic heterocycles. The van der Waals surface area contributed by atoms with Crippen LogP contribution in [0.5, 0.6) is 11.5 Å². The molecule has 1 N–H and O–H groups in total. The molecule has 7 nitrogen and oxygen atoms in total. The van der Waals surface area contributed by atoms with Crippen LogP contribution in [0.1, 0.15) is 17.5 Å². The Balaban J connectivity index is 2.29. The predicted octanol–water partition coefficient (Wildman–Crippen LogP) is 1.95. The number of ether oxygens (including phenoxy) is 4. The highest BCUT2D eigenvalue weighted by Gasteiger charge is 2.36. The number of aliphatic hydroxyl groups is 1. The van der Waals surface area contributed by atoms with E-state index < -0.39 is 11.9 Å². The Morgan fingerprint density at radius 3 is 2.44 bits per heavy atom. The topological polar surface area (TPSA) is 91.3 Å². The molecule has 0 bridgehead atoms. The van der Waals surface area contributed by atoms with E-state index in [0.29, 0.717) is 35.5 Å². The summed E-state index contributed by atoms with van der Waals surface area (Å²) in [6.07, 6.45) is 1.06. The molecule has 7 heteroatoms. The predicted molar refractivity (Wildman–Crippen MR) is 87.4 cm³/mol. The quantitative estimate of drug-likeness (QED) is 0.836. The molecule has 0 unspecified atom stereocenters. The summed E-state index contributed by atoms with van der Waals surface area (Å²) in [5.74, 6) is -0.853. The van der Waals surface area contributed by atoms with E-state index >= 15 is 0 Å². The first-order chi connectivity index (χ1) is 12.0. The third-order valence-electron chi connectivity index (χ3n) is 4.37. The number of aliphatic hydroxyl groups excluding tert-OH is 1. The number of hydrogen-bond donors (Lipinski definition) is 1. The monoisotopic (exact) mass is 346 g/mol. The zero-order valence-electron chi connectivity index (χ0n) is 14.2. The Morgan fingerprint density at radius 1 is 1.12 bits per heavy atom. The number of aryl methyl sites for hydroxylation is 1. The van der Waals surface area contributed by atoms with E-state index in [1.165, 1.54) is 21.3 Å². The smallest absolute Gasteiger partial charge is 0.342 e. The van der Waals surface area contributed by atoms with Crippen molar-refractivity contribution in [1.29, 1.82) is 0 Å². The van der Waals surface area contributed by atoms with Crippen molar-refractivity contribution in [3.05, 3.63) is 40.0 Å². The molecule has 3 rings (SSSR count). The number of hydrogen-bond acceptors (Lipinski definition) is 7. The summed E-state index contributed by atoms with van der Waals surface area (Å²) in [6.45, 7) is 0.102. The zero-order valence-corrected chi connectivity index (χ0v) is 14.2. The maximum Gasteiger partial charge on any atom is 0.342 e. The molecular weight excluding hydrogens is 328 g/mol. The van der Waals surface area contributed by atoms with Crippen LogP contribution < -0.4 is 9.47 Å². The maximum atomic E-state index is 12.3. The van der Waals surface area contributed by atoms with Gasteiger partial charge in [-0.2, -0.15) is 0 Å². The van der Waals surface area contributed by atoms with Crippen molar-refractivity contribution >= 4 is 17.7 Å². The standard InChI is InChI=1S/C18H18O7/c1-22-12-6-9-4-5-10-8-25-18(21)14(10)15(17(20)24-3)16(19)11(9)7-13(12)23-2/h6-7,19H,4-5,8H2,1-3H3/b16-15-. The Bertz CT molecular complexity index is 817. The summed E-state index contributed by atoms with van der Waals surface area (Å²) >= 11 is 0. The highest BCUT2D eigenvalue weighted by atomic mass is 16.5. The van der Waals surface area contributed by atoms with Crippen LogP contribution in [0.2, 0.25) is 0 Å². The van der Waals surface area contributed by atoms with Gasteiger partial charge in [0.15, 0.2) is 11.5 Å². The van der Waals surface area contributed by atoms with Gasteiger partial charge < -0.3 is 24.1 Å². The van der Waals surface area contributed by atoms with Crippen molar-refractivity contribution in [3.8, 4) is 11.5 Å². The summed E-state index contributed by atoms with van der Waals surface area (Å²) < 4.78 is 20.4. The van der Waals surface area contributed by atoms with Crippen LogP contribution >= 0.6 is 0 Å². The number of carbonyl (C=O) groups excluding carboxylic acids is 2. The van der Waals surface area contributed by atoms with Gasteiger partial charge >= 0.3 is 11.9 Å². The minimum atomic E-state index is -0.800. The van der Waals surface area contributed by atoms with E-state index in [0.717, 1.165) is 5.56 Å². The molecule has 0 amide bonds. The van der Waals surface area contributed by atoms with E-state index in [-0.39, 0.29) is 23.5 Å². The van der Waals surface area contributed by atoms with Crippen LogP contribution in [-0.2, 0) is 25.5 Å². The fourth-order valence-electron chi connectivity index (χ4n) is 3.11. The molecule has 1 heterocycles. The van der Waals surface area contributed by atoms with Crippen LogP contribution in [-0.4, -0.2) is 45.0 Å². The van der Waals surface area contributed by atoms with E-state index in [4.69, 9.17) is 18.9 Å². The van der Waals surface area contributed by atoms with Gasteiger partial charge in [0.25, 0.3) is 0 Å². The van der Waals surface area contributed by atoms with Gasteiger partial charge in [-0.05, 0) is 36.1 Å². The highest BCUT2D eigenvalue weighted by Crippen LogP contribution is 2.39. The van der Waals surface area contributed by atoms with Crippen LogP contribution in [0, 0.1) is 0 Å². The molecule has 132 valence electrons. The maximum absolute atomic E-state index is 12.3. The number of carbonyl (C=O) groups is 2. The van der Waals surface area contributed by atoms with Crippen LogP contribution in [0.4, 0.5) is 0 Å². The van der Waals surface area contributed by atoms with Gasteiger partial charge in [-0.1, -0.05) is 0 Å². The first-order valence-electron chi connectivity index (χ1n) is 7.68. The number of fused-ring (bicyclic) bond motifs is 1. The number of methoxy groups -OCH3 is 3. The molecule has 1 aliphatic carbocycles. The van der Waals surface area contributed by atoms with Crippen molar-refractivity contribution in [2.24, 2.45) is 0 Å². The molecule has 0 saturated carbocycles. The van der Waals surface area contributed by atoms with Crippen LogP contribution in [0.25, 0.3) is 5.76 Å². The number of cyclic esters (lactones) is 1. The number of esters is 2. The van der Waals surface area contributed by atoms with Crippen molar-refractivity contribution in [2.45, 2.75) is 12.8 Å². The zero-order chi connectivity index (χ0) is 18.1. The Hall–Kier alpha value is -2.96. The summed E-state index contributed by atoms with van der Waals surface area (Å²) in [5, 5.41) is 10.8. The minimum Gasteiger partial charge on any atom is -0.506 e. The van der Waals surface area contributed by atoms with Crippen molar-refractivity contribution in [3.63, 3.8) is 0 Å². The SMILES string of the molecule is COC(=O)/C1=C(\O)c2cc(OC)c(OC)cc2CCC2=C1C(=O)OC2. The lowest BCUT2D eigenvalue weighted by Crippen LogP contribution is -2.17. The third kappa shape index (κ3) is 2.71. The van der Waals surface area contributed by atoms with Gasteiger partial charge in [0.1, 0.15) is 17.9 Å². The van der Waals surface area contributed by atoms with Crippen molar-refractivity contribution < 1.29 is 33.6 Å². The number of rotatable bonds is 3. The van der Waals surface area contributed by atoms with E-state index in [1.807, 2.05) is 0 Å². The second-order valence-electron chi connectivity index (χ2n) is 5.63. The first-order valence-corrected chi connectivity index (χ1v) is 7.68. The third-order valence-corrected chi connectivity index (χ3v) is 4.37. The van der Waals surface area contributed by atoms with Gasteiger partial charge in [-0.15, -0.1) is 0 Å². The van der Waals surface area contributed by atoms with Crippen molar-refractivity contribution in [1.82, 2.24) is 0 Å². The molecule has 2 aliphatic rings. The van der Waals surface area contributed by atoms with Gasteiger partial charge in [-0.3, -0.25) is 0 Å². The molecule has 0 spiro atoms. The van der Waals surface area contributed by atoms with Gasteiger partial charge in [-0.25, -0.2) is 9.59 Å². The number of benzene rings is 1. The Morgan fingerprint density at radius 2 is 1.80 bits per heavy atom. The molecule has 0 radical (unpaired) electrons. The van der Waals surface area contributed by atoms with Gasteiger partial charge in [0, 0.05) is 5.56 Å². The van der Waals surface area contributed by atoms with E-state index in [9.17, 15) is 14.7 Å². The van der Waals surface area contributed by atoms with Crippen LogP contribution in [0.15, 0.2) is 28.9 Å².